The fourth-order valence-corrected chi connectivity index (χ4v) is 4.81. The van der Waals surface area contributed by atoms with Gasteiger partial charge >= 0.3 is 0 Å². The van der Waals surface area contributed by atoms with Crippen LogP contribution in [-0.2, 0) is 17.6 Å². The van der Waals surface area contributed by atoms with Crippen molar-refractivity contribution in [2.75, 3.05) is 13.2 Å². The zero-order valence-corrected chi connectivity index (χ0v) is 22.0. The molecule has 0 aliphatic heterocycles. The number of phenols is 1. The van der Waals surface area contributed by atoms with Gasteiger partial charge in [0, 0.05) is 30.0 Å². The summed E-state index contributed by atoms with van der Waals surface area (Å²) in [6, 6.07) is 24.7. The number of hydrogen-bond donors (Lipinski definition) is 2. The van der Waals surface area contributed by atoms with E-state index in [2.05, 4.69) is 62.9 Å². The molecule has 3 N–H and O–H groups in total. The summed E-state index contributed by atoms with van der Waals surface area (Å²) in [7, 11) is 0. The molecule has 0 bridgehead atoms. The van der Waals surface area contributed by atoms with Crippen LogP contribution < -0.4 is 10.5 Å². The molecule has 1 amide bonds. The molecule has 0 aliphatic rings. The SMILES string of the molecule is CC(C)N(CC[C@H](c1ccccc1)c1cc(CCOc2ccc(CC(N)=O)cc2)ccc1O)C(C)C. The van der Waals surface area contributed by atoms with Gasteiger partial charge in [0.15, 0.2) is 0 Å². The third-order valence-corrected chi connectivity index (χ3v) is 6.63. The highest BCUT2D eigenvalue weighted by Gasteiger charge is 2.21. The van der Waals surface area contributed by atoms with Gasteiger partial charge in [-0.1, -0.05) is 54.6 Å². The molecular formula is C31H40N2O3. The van der Waals surface area contributed by atoms with E-state index >= 15 is 0 Å². The summed E-state index contributed by atoms with van der Waals surface area (Å²) in [4.78, 5) is 13.6. The second kappa shape index (κ2) is 13.1. The first-order chi connectivity index (χ1) is 17.2. The minimum atomic E-state index is -0.346. The van der Waals surface area contributed by atoms with Crippen LogP contribution in [0.3, 0.4) is 0 Å². The van der Waals surface area contributed by atoms with Crippen molar-refractivity contribution in [1.29, 1.82) is 0 Å². The number of hydrogen-bond acceptors (Lipinski definition) is 4. The highest BCUT2D eigenvalue weighted by Crippen LogP contribution is 2.35. The second-order valence-electron chi connectivity index (χ2n) is 9.96. The van der Waals surface area contributed by atoms with Crippen molar-refractivity contribution >= 4 is 5.91 Å². The second-order valence-corrected chi connectivity index (χ2v) is 9.96. The Bertz CT molecular complexity index is 1090. The Kier molecular flexibility index (Phi) is 9.95. The number of benzene rings is 3. The molecule has 5 nitrogen and oxygen atoms in total. The van der Waals surface area contributed by atoms with Gasteiger partial charge in [0.25, 0.3) is 0 Å². The Labute approximate surface area is 215 Å². The van der Waals surface area contributed by atoms with Gasteiger partial charge in [-0.3, -0.25) is 9.69 Å². The summed E-state index contributed by atoms with van der Waals surface area (Å²) in [5.41, 5.74) is 9.43. The van der Waals surface area contributed by atoms with Gasteiger partial charge < -0.3 is 15.6 Å². The number of ether oxygens (including phenoxy) is 1. The summed E-state index contributed by atoms with van der Waals surface area (Å²) in [6.07, 6.45) is 1.87. The van der Waals surface area contributed by atoms with Crippen molar-refractivity contribution in [3.8, 4) is 11.5 Å². The van der Waals surface area contributed by atoms with Gasteiger partial charge in [0.2, 0.25) is 5.91 Å². The van der Waals surface area contributed by atoms with Crippen LogP contribution in [0.2, 0.25) is 0 Å². The first-order valence-corrected chi connectivity index (χ1v) is 12.9. The number of nitrogens with two attached hydrogens (primary N) is 1. The van der Waals surface area contributed by atoms with Crippen LogP contribution in [0.15, 0.2) is 72.8 Å². The molecule has 0 saturated heterocycles. The van der Waals surface area contributed by atoms with Crippen molar-refractivity contribution in [1.82, 2.24) is 4.90 Å². The minimum absolute atomic E-state index is 0.102. The Morgan fingerprint density at radius 1 is 0.917 bits per heavy atom. The van der Waals surface area contributed by atoms with E-state index < -0.39 is 0 Å². The van der Waals surface area contributed by atoms with Crippen LogP contribution >= 0.6 is 0 Å². The van der Waals surface area contributed by atoms with Crippen molar-refractivity contribution < 1.29 is 14.6 Å². The monoisotopic (exact) mass is 488 g/mol. The number of amides is 1. The smallest absolute Gasteiger partial charge is 0.221 e. The molecule has 0 spiro atoms. The molecule has 1 atom stereocenters. The number of nitrogens with zero attached hydrogens (tertiary/aromatic N) is 1. The largest absolute Gasteiger partial charge is 0.508 e. The zero-order chi connectivity index (χ0) is 26.1. The van der Waals surface area contributed by atoms with E-state index in [1.807, 2.05) is 42.5 Å². The van der Waals surface area contributed by atoms with Crippen LogP contribution in [-0.4, -0.2) is 41.1 Å². The molecule has 0 fully saturated rings. The summed E-state index contributed by atoms with van der Waals surface area (Å²) >= 11 is 0. The van der Waals surface area contributed by atoms with Gasteiger partial charge in [-0.25, -0.2) is 0 Å². The van der Waals surface area contributed by atoms with E-state index in [9.17, 15) is 9.90 Å². The lowest BCUT2D eigenvalue weighted by Crippen LogP contribution is -2.38. The predicted molar refractivity (Wildman–Crippen MR) is 147 cm³/mol. The summed E-state index contributed by atoms with van der Waals surface area (Å²) in [6.45, 7) is 10.4. The third kappa shape index (κ3) is 7.85. The van der Waals surface area contributed by atoms with Crippen LogP contribution in [0.25, 0.3) is 0 Å². The Balaban J connectivity index is 1.73. The number of carbonyl (C=O) groups is 1. The highest BCUT2D eigenvalue weighted by atomic mass is 16.5. The first-order valence-electron chi connectivity index (χ1n) is 12.9. The number of primary amides is 1. The number of carbonyl (C=O) groups excluding carboxylic acids is 1. The normalized spacial score (nSPS) is 12.3. The standard InChI is InChI=1S/C31H40N2O3/c1-22(2)33(23(3)4)18-16-28(26-8-6-5-7-9-26)29-20-25(12-15-30(29)34)17-19-36-27-13-10-24(11-14-27)21-31(32)35/h5-15,20,22-23,28,34H,16-19,21H2,1-4H3,(H2,32,35)/t28-/m1/s1. The van der Waals surface area contributed by atoms with Crippen molar-refractivity contribution in [3.63, 3.8) is 0 Å². The maximum atomic E-state index is 11.1. The van der Waals surface area contributed by atoms with Gasteiger partial charge in [-0.05, 0) is 75.5 Å². The molecule has 0 unspecified atom stereocenters. The summed E-state index contributed by atoms with van der Waals surface area (Å²) in [5, 5.41) is 10.9. The molecule has 5 heteroatoms. The molecule has 0 aliphatic carbocycles. The van der Waals surface area contributed by atoms with Crippen LogP contribution in [0.5, 0.6) is 11.5 Å². The average molecular weight is 489 g/mol. The molecule has 0 heterocycles. The summed E-state index contributed by atoms with van der Waals surface area (Å²) in [5.74, 6) is 0.845. The van der Waals surface area contributed by atoms with E-state index in [1.165, 1.54) is 5.56 Å². The molecule has 3 aromatic carbocycles. The third-order valence-electron chi connectivity index (χ3n) is 6.63. The topological polar surface area (TPSA) is 75.8 Å². The maximum Gasteiger partial charge on any atom is 0.221 e. The van der Waals surface area contributed by atoms with E-state index in [4.69, 9.17) is 10.5 Å². The molecule has 192 valence electrons. The van der Waals surface area contributed by atoms with E-state index in [0.29, 0.717) is 24.4 Å². The maximum absolute atomic E-state index is 11.1. The fourth-order valence-electron chi connectivity index (χ4n) is 4.81. The number of phenolic OH excluding ortho intramolecular Hbond substituents is 1. The van der Waals surface area contributed by atoms with Crippen molar-refractivity contribution in [3.05, 3.63) is 95.1 Å². The van der Waals surface area contributed by atoms with E-state index in [-0.39, 0.29) is 18.2 Å². The zero-order valence-electron chi connectivity index (χ0n) is 22.0. The van der Waals surface area contributed by atoms with Crippen molar-refractivity contribution in [2.24, 2.45) is 5.73 Å². The van der Waals surface area contributed by atoms with Gasteiger partial charge in [0.05, 0.1) is 13.0 Å². The van der Waals surface area contributed by atoms with Crippen molar-refractivity contribution in [2.45, 2.75) is 65.0 Å². The van der Waals surface area contributed by atoms with Gasteiger partial charge in [-0.15, -0.1) is 0 Å². The van der Waals surface area contributed by atoms with Crippen LogP contribution in [0.1, 0.15) is 62.3 Å². The lowest BCUT2D eigenvalue weighted by atomic mass is 9.86. The predicted octanol–water partition coefficient (Wildman–Crippen LogP) is 5.68. The summed E-state index contributed by atoms with van der Waals surface area (Å²) < 4.78 is 5.93. The molecule has 0 aromatic heterocycles. The Morgan fingerprint density at radius 2 is 1.56 bits per heavy atom. The molecule has 3 aromatic rings. The first kappa shape index (κ1) is 27.3. The van der Waals surface area contributed by atoms with Gasteiger partial charge in [0.1, 0.15) is 11.5 Å². The molecule has 36 heavy (non-hydrogen) atoms. The average Bonchev–Trinajstić information content (AvgIpc) is 2.84. The Hall–Kier alpha value is -3.31. The van der Waals surface area contributed by atoms with E-state index in [0.717, 1.165) is 41.8 Å². The fraction of sp³-hybridized carbons (Fsp3) is 0.387. The molecule has 0 radical (unpaired) electrons. The Morgan fingerprint density at radius 3 is 2.17 bits per heavy atom. The van der Waals surface area contributed by atoms with Gasteiger partial charge in [-0.2, -0.15) is 0 Å². The van der Waals surface area contributed by atoms with E-state index in [1.54, 1.807) is 0 Å². The molecule has 3 rings (SSSR count). The molecule has 0 saturated carbocycles. The minimum Gasteiger partial charge on any atom is -0.508 e. The van der Waals surface area contributed by atoms with Crippen LogP contribution in [0, 0.1) is 0 Å². The number of aromatic hydroxyl groups is 1. The number of rotatable bonds is 13. The highest BCUT2D eigenvalue weighted by molar-refractivity contribution is 5.76. The lowest BCUT2D eigenvalue weighted by molar-refractivity contribution is -0.117. The lowest BCUT2D eigenvalue weighted by Gasteiger charge is -2.32. The molecular weight excluding hydrogens is 448 g/mol. The van der Waals surface area contributed by atoms with Crippen LogP contribution in [0.4, 0.5) is 0 Å². The quantitative estimate of drug-likeness (QED) is 0.324.